The maximum absolute atomic E-state index is 12.3. The number of carbonyl (C=O) groups is 2. The van der Waals surface area contributed by atoms with E-state index in [2.05, 4.69) is 21.9 Å². The van der Waals surface area contributed by atoms with E-state index in [4.69, 9.17) is 21.7 Å². The molecule has 1 unspecified atom stereocenters. The van der Waals surface area contributed by atoms with Gasteiger partial charge in [-0.3, -0.25) is 24.7 Å². The van der Waals surface area contributed by atoms with Crippen molar-refractivity contribution in [1.82, 2.24) is 15.3 Å². The fourth-order valence-electron chi connectivity index (χ4n) is 2.73. The van der Waals surface area contributed by atoms with Gasteiger partial charge in [-0.25, -0.2) is 0 Å². The average molecular weight is 487 g/mol. The number of nitrogens with zero attached hydrogens (tertiary/aromatic N) is 1. The van der Waals surface area contributed by atoms with Gasteiger partial charge >= 0.3 is 0 Å². The maximum Gasteiger partial charge on any atom is 0.270 e. The highest BCUT2D eigenvalue weighted by molar-refractivity contribution is 7.71. The van der Waals surface area contributed by atoms with Crippen LogP contribution in [-0.2, 0) is 19.1 Å². The topological polar surface area (TPSA) is 137 Å². The minimum absolute atomic E-state index is 0.0367. The van der Waals surface area contributed by atoms with E-state index in [9.17, 15) is 19.6 Å². The summed E-state index contributed by atoms with van der Waals surface area (Å²) in [7, 11) is 1.45. The maximum atomic E-state index is 12.3. The molecule has 0 bridgehead atoms. The number of aromatic amines is 2. The van der Waals surface area contributed by atoms with Crippen LogP contribution in [0.15, 0.2) is 46.7 Å². The van der Waals surface area contributed by atoms with Crippen molar-refractivity contribution in [2.45, 2.75) is 40.0 Å². The van der Waals surface area contributed by atoms with Crippen LogP contribution in [0, 0.1) is 22.0 Å². The van der Waals surface area contributed by atoms with E-state index in [1.54, 1.807) is 26.0 Å². The Bertz CT molecular complexity index is 1150. The second kappa shape index (κ2) is 14.4. The monoisotopic (exact) mass is 486 g/mol. The van der Waals surface area contributed by atoms with Crippen LogP contribution in [-0.4, -0.2) is 35.5 Å². The lowest BCUT2D eigenvalue weighted by Gasteiger charge is -2.18. The Morgan fingerprint density at radius 1 is 1.35 bits per heavy atom. The molecule has 0 aliphatic rings. The third kappa shape index (κ3) is 8.33. The van der Waals surface area contributed by atoms with E-state index >= 15 is 0 Å². The van der Waals surface area contributed by atoms with E-state index in [0.29, 0.717) is 17.8 Å². The molecule has 1 rings (SSSR count). The van der Waals surface area contributed by atoms with Gasteiger partial charge in [-0.05, 0) is 43.8 Å². The van der Waals surface area contributed by atoms with Crippen LogP contribution >= 0.6 is 12.2 Å². The van der Waals surface area contributed by atoms with Crippen LogP contribution in [0.3, 0.4) is 0 Å². The van der Waals surface area contributed by atoms with Gasteiger partial charge in [0, 0.05) is 12.0 Å². The third-order valence-corrected chi connectivity index (χ3v) is 4.86. The van der Waals surface area contributed by atoms with Crippen LogP contribution < -0.4 is 10.9 Å². The van der Waals surface area contributed by atoms with Crippen LogP contribution in [0.5, 0.6) is 0 Å². The Morgan fingerprint density at radius 3 is 2.62 bits per heavy atom. The molecule has 0 saturated carbocycles. The predicted molar refractivity (Wildman–Crippen MR) is 132 cm³/mol. The number of nitriles is 1. The summed E-state index contributed by atoms with van der Waals surface area (Å²) >= 11 is 4.98. The SMILES string of the molecule is C=C\C(OC)=C(OCC(C)C(=O)NC(=O)CCCC)/C(=C\C)/C=C/c1[nH]c(=S)[nH]c(=O)c1C#N. The number of rotatable bonds is 12. The number of allylic oxidation sites excluding steroid dienone is 3. The van der Waals surface area contributed by atoms with Gasteiger partial charge in [-0.1, -0.05) is 32.9 Å². The molecule has 0 aromatic carbocycles. The van der Waals surface area contributed by atoms with Gasteiger partial charge in [-0.15, -0.1) is 0 Å². The van der Waals surface area contributed by atoms with E-state index in [1.165, 1.54) is 19.3 Å². The number of hydrogen-bond acceptors (Lipinski definition) is 7. The molecular weight excluding hydrogens is 456 g/mol. The molecule has 0 radical (unpaired) electrons. The van der Waals surface area contributed by atoms with Gasteiger partial charge in [0.1, 0.15) is 11.6 Å². The first-order valence-corrected chi connectivity index (χ1v) is 11.1. The summed E-state index contributed by atoms with van der Waals surface area (Å²) < 4.78 is 11.3. The van der Waals surface area contributed by atoms with Crippen molar-refractivity contribution in [3.05, 3.63) is 68.3 Å². The number of H-pyrrole nitrogens is 2. The molecule has 0 fully saturated rings. The molecule has 1 aromatic rings. The number of carbonyl (C=O) groups excluding carboxylic acids is 2. The number of amides is 2. The first-order valence-electron chi connectivity index (χ1n) is 10.7. The second-order valence-electron chi connectivity index (χ2n) is 7.22. The third-order valence-electron chi connectivity index (χ3n) is 4.66. The van der Waals surface area contributed by atoms with Gasteiger partial charge in [0.2, 0.25) is 11.8 Å². The van der Waals surface area contributed by atoms with E-state index in [0.717, 1.165) is 6.42 Å². The van der Waals surface area contributed by atoms with Crippen molar-refractivity contribution >= 4 is 30.1 Å². The van der Waals surface area contributed by atoms with E-state index < -0.39 is 17.4 Å². The summed E-state index contributed by atoms with van der Waals surface area (Å²) in [6, 6.07) is 1.84. The highest BCUT2D eigenvalue weighted by Crippen LogP contribution is 2.22. The molecule has 34 heavy (non-hydrogen) atoms. The molecule has 0 saturated heterocycles. The zero-order valence-electron chi connectivity index (χ0n) is 19.8. The molecule has 1 atom stereocenters. The molecule has 0 aliphatic carbocycles. The molecule has 2 amide bonds. The van der Waals surface area contributed by atoms with Crippen molar-refractivity contribution in [2.75, 3.05) is 13.7 Å². The van der Waals surface area contributed by atoms with Gasteiger partial charge in [0.05, 0.1) is 25.3 Å². The second-order valence-corrected chi connectivity index (χ2v) is 7.62. The molecule has 1 aromatic heterocycles. The standard InChI is InChI=1S/C24H30N4O5S/c1-6-9-10-20(29)27-22(30)15(4)14-33-21(19(8-3)32-5)16(7-2)11-12-18-17(13-25)23(31)28-24(34)26-18/h7-8,11-12,15H,3,6,9-10,14H2,1-2,4-5H3,(H,27,29,30)(H2,26,28,31,34)/b12-11+,16-7-,21-19-. The molecular formula is C24H30N4O5S. The Balaban J connectivity index is 3.15. The van der Waals surface area contributed by atoms with E-state index in [-0.39, 0.29) is 40.7 Å². The Kier molecular flexibility index (Phi) is 12.0. The average Bonchev–Trinajstić information content (AvgIpc) is 2.80. The summed E-state index contributed by atoms with van der Waals surface area (Å²) in [5.41, 5.74) is 0.0372. The fraction of sp³-hybridized carbons (Fsp3) is 0.375. The molecule has 0 aliphatic heterocycles. The van der Waals surface area contributed by atoms with Crippen molar-refractivity contribution in [3.63, 3.8) is 0 Å². The number of imide groups is 1. The molecule has 3 N–H and O–H groups in total. The number of unbranched alkanes of at least 4 members (excludes halogenated alkanes) is 1. The predicted octanol–water partition coefficient (Wildman–Crippen LogP) is 3.79. The summed E-state index contributed by atoms with van der Waals surface area (Å²) in [6.45, 7) is 9.05. The lowest BCUT2D eigenvalue weighted by atomic mass is 10.1. The largest absolute Gasteiger partial charge is 0.493 e. The van der Waals surface area contributed by atoms with Crippen LogP contribution in [0.4, 0.5) is 0 Å². The van der Waals surface area contributed by atoms with E-state index in [1.807, 2.05) is 13.0 Å². The Morgan fingerprint density at radius 2 is 2.06 bits per heavy atom. The first kappa shape index (κ1) is 28.3. The number of nitrogens with one attached hydrogen (secondary N) is 3. The minimum atomic E-state index is -0.625. The highest BCUT2D eigenvalue weighted by atomic mass is 32.1. The quantitative estimate of drug-likeness (QED) is 0.232. The van der Waals surface area contributed by atoms with Crippen molar-refractivity contribution < 1.29 is 19.1 Å². The minimum Gasteiger partial charge on any atom is -0.493 e. The van der Waals surface area contributed by atoms with Crippen LogP contribution in [0.25, 0.3) is 6.08 Å². The number of ether oxygens (including phenoxy) is 2. The lowest BCUT2D eigenvalue weighted by molar-refractivity contribution is -0.133. The van der Waals surface area contributed by atoms with Gasteiger partial charge < -0.3 is 14.5 Å². The molecule has 9 nitrogen and oxygen atoms in total. The number of methoxy groups -OCH3 is 1. The lowest BCUT2D eigenvalue weighted by Crippen LogP contribution is -2.36. The molecule has 182 valence electrons. The summed E-state index contributed by atoms with van der Waals surface area (Å²) in [5, 5.41) is 11.7. The molecule has 10 heteroatoms. The number of aromatic nitrogens is 2. The van der Waals surface area contributed by atoms with Crippen molar-refractivity contribution in [1.29, 1.82) is 5.26 Å². The molecule has 1 heterocycles. The summed E-state index contributed by atoms with van der Waals surface area (Å²) in [5.74, 6) is -0.789. The zero-order valence-corrected chi connectivity index (χ0v) is 20.6. The zero-order chi connectivity index (χ0) is 25.7. The fourth-order valence-corrected chi connectivity index (χ4v) is 2.93. The first-order chi connectivity index (χ1) is 16.2. The normalized spacial score (nSPS) is 13.0. The Labute approximate surface area is 203 Å². The van der Waals surface area contributed by atoms with Crippen LogP contribution in [0.1, 0.15) is 51.3 Å². The van der Waals surface area contributed by atoms with Gasteiger partial charge in [-0.2, -0.15) is 5.26 Å². The highest BCUT2D eigenvalue weighted by Gasteiger charge is 2.19. The van der Waals surface area contributed by atoms with Crippen molar-refractivity contribution in [3.8, 4) is 6.07 Å². The number of hydrogen-bond donors (Lipinski definition) is 3. The van der Waals surface area contributed by atoms with Crippen LogP contribution in [0.2, 0.25) is 0 Å². The van der Waals surface area contributed by atoms with Crippen molar-refractivity contribution in [2.24, 2.45) is 5.92 Å². The van der Waals surface area contributed by atoms with Gasteiger partial charge in [0.15, 0.2) is 16.3 Å². The smallest absolute Gasteiger partial charge is 0.270 e. The summed E-state index contributed by atoms with van der Waals surface area (Å²) in [6.07, 6.45) is 8.14. The van der Waals surface area contributed by atoms with Gasteiger partial charge in [0.25, 0.3) is 5.56 Å². The summed E-state index contributed by atoms with van der Waals surface area (Å²) in [4.78, 5) is 41.3. The molecule has 0 spiro atoms. The Hall–Kier alpha value is -3.71.